The minimum atomic E-state index is -0.791. The Kier molecular flexibility index (Phi) is 8.04. The Balaban J connectivity index is 2.05. The summed E-state index contributed by atoms with van der Waals surface area (Å²) in [5.74, 6) is -1.74. The summed E-state index contributed by atoms with van der Waals surface area (Å²) in [7, 11) is 0. The molecule has 0 heterocycles. The highest BCUT2D eigenvalue weighted by Gasteiger charge is 2.14. The molecule has 0 aliphatic rings. The second-order valence-electron chi connectivity index (χ2n) is 5.90. The van der Waals surface area contributed by atoms with E-state index in [1.54, 1.807) is 31.2 Å². The Morgan fingerprint density at radius 1 is 0.963 bits per heavy atom. The number of hydrogen-bond donors (Lipinski definition) is 0. The first-order valence-electron chi connectivity index (χ1n) is 9.05. The average molecular weight is 378 g/mol. The van der Waals surface area contributed by atoms with Gasteiger partial charge in [-0.15, -0.1) is 0 Å². The van der Waals surface area contributed by atoms with Gasteiger partial charge in [0, 0.05) is 6.42 Å². The van der Waals surface area contributed by atoms with Gasteiger partial charge in [0.1, 0.15) is 5.75 Å². The number of rotatable bonds is 10. The van der Waals surface area contributed by atoms with E-state index in [2.05, 4.69) is 0 Å². The maximum Gasteiger partial charge on any atom is 0.305 e. The van der Waals surface area contributed by atoms with Gasteiger partial charge in [-0.25, -0.2) is 8.78 Å². The highest BCUT2D eigenvalue weighted by molar-refractivity contribution is 5.69. The normalized spacial score (nSPS) is 10.5. The molecule has 0 aliphatic heterocycles. The first-order valence-corrected chi connectivity index (χ1v) is 9.05. The minimum absolute atomic E-state index is 0.0202. The lowest BCUT2D eigenvalue weighted by molar-refractivity contribution is -0.143. The van der Waals surface area contributed by atoms with E-state index >= 15 is 0 Å². The standard InChI is InChI=1S/C21H24F2O4/c1-3-10-26-17-8-5-7-15(12-17)16-13-18(22)21(19(23)14-16)27-11-6-9-20(24)25-4-2/h5,7-8,12-14H,3-4,6,9-11H2,1-2H3. The van der Waals surface area contributed by atoms with E-state index in [0.29, 0.717) is 36.5 Å². The molecular weight excluding hydrogens is 354 g/mol. The van der Waals surface area contributed by atoms with Crippen LogP contribution in [-0.2, 0) is 9.53 Å². The van der Waals surface area contributed by atoms with Crippen LogP contribution in [0, 0.1) is 11.6 Å². The number of esters is 1. The quantitative estimate of drug-likeness (QED) is 0.424. The molecule has 0 radical (unpaired) electrons. The molecule has 2 rings (SSSR count). The summed E-state index contributed by atoms with van der Waals surface area (Å²) in [5.41, 5.74) is 1.04. The lowest BCUT2D eigenvalue weighted by Crippen LogP contribution is -2.08. The number of ether oxygens (including phenoxy) is 3. The minimum Gasteiger partial charge on any atom is -0.494 e. The topological polar surface area (TPSA) is 44.8 Å². The van der Waals surface area contributed by atoms with Gasteiger partial charge in [0.2, 0.25) is 0 Å². The van der Waals surface area contributed by atoms with Gasteiger partial charge in [-0.1, -0.05) is 19.1 Å². The molecule has 4 nitrogen and oxygen atoms in total. The predicted molar refractivity (Wildman–Crippen MR) is 98.9 cm³/mol. The molecule has 146 valence electrons. The molecular formula is C21H24F2O4. The third-order valence-electron chi connectivity index (χ3n) is 3.72. The van der Waals surface area contributed by atoms with Crippen molar-refractivity contribution in [3.05, 3.63) is 48.0 Å². The number of halogens is 2. The largest absolute Gasteiger partial charge is 0.494 e. The molecule has 2 aromatic rings. The maximum absolute atomic E-state index is 14.3. The molecule has 0 saturated carbocycles. The fraction of sp³-hybridized carbons (Fsp3) is 0.381. The van der Waals surface area contributed by atoms with Gasteiger partial charge >= 0.3 is 5.97 Å². The SMILES string of the molecule is CCCOc1cccc(-c2cc(F)c(OCCCC(=O)OCC)c(F)c2)c1. The summed E-state index contributed by atoms with van der Waals surface area (Å²) in [6.07, 6.45) is 1.33. The molecule has 0 saturated heterocycles. The third-order valence-corrected chi connectivity index (χ3v) is 3.72. The van der Waals surface area contributed by atoms with Crippen LogP contribution in [0.1, 0.15) is 33.1 Å². The van der Waals surface area contributed by atoms with Crippen molar-refractivity contribution in [1.82, 2.24) is 0 Å². The fourth-order valence-corrected chi connectivity index (χ4v) is 2.47. The number of carbonyl (C=O) groups is 1. The Labute approximate surface area is 158 Å². The maximum atomic E-state index is 14.3. The lowest BCUT2D eigenvalue weighted by atomic mass is 10.0. The van der Waals surface area contributed by atoms with Crippen molar-refractivity contribution in [3.63, 3.8) is 0 Å². The molecule has 6 heteroatoms. The Morgan fingerprint density at radius 3 is 2.37 bits per heavy atom. The van der Waals surface area contributed by atoms with Crippen LogP contribution < -0.4 is 9.47 Å². The van der Waals surface area contributed by atoms with Crippen molar-refractivity contribution >= 4 is 5.97 Å². The van der Waals surface area contributed by atoms with Crippen molar-refractivity contribution in [1.29, 1.82) is 0 Å². The molecule has 0 unspecified atom stereocenters. The summed E-state index contributed by atoms with van der Waals surface area (Å²) >= 11 is 0. The number of hydrogen-bond acceptors (Lipinski definition) is 4. The smallest absolute Gasteiger partial charge is 0.305 e. The number of carbonyl (C=O) groups excluding carboxylic acids is 1. The van der Waals surface area contributed by atoms with Gasteiger partial charge in [0.25, 0.3) is 0 Å². The average Bonchev–Trinajstić information content (AvgIpc) is 2.65. The molecule has 0 amide bonds. The summed E-state index contributed by atoms with van der Waals surface area (Å²) in [6.45, 7) is 4.61. The van der Waals surface area contributed by atoms with Crippen LogP contribution in [0.2, 0.25) is 0 Å². The zero-order valence-corrected chi connectivity index (χ0v) is 15.6. The van der Waals surface area contributed by atoms with Crippen LogP contribution in [0.25, 0.3) is 11.1 Å². The van der Waals surface area contributed by atoms with Crippen LogP contribution in [0.4, 0.5) is 8.78 Å². The lowest BCUT2D eigenvalue weighted by Gasteiger charge is -2.11. The Bertz CT molecular complexity index is 739. The van der Waals surface area contributed by atoms with Crippen molar-refractivity contribution in [2.24, 2.45) is 0 Å². The second kappa shape index (κ2) is 10.5. The summed E-state index contributed by atoms with van der Waals surface area (Å²) in [4.78, 5) is 11.2. The van der Waals surface area contributed by atoms with E-state index in [-0.39, 0.29) is 19.0 Å². The fourth-order valence-electron chi connectivity index (χ4n) is 2.47. The van der Waals surface area contributed by atoms with Crippen LogP contribution in [0.5, 0.6) is 11.5 Å². The van der Waals surface area contributed by atoms with Crippen molar-refractivity contribution in [2.45, 2.75) is 33.1 Å². The second-order valence-corrected chi connectivity index (χ2v) is 5.90. The van der Waals surface area contributed by atoms with Crippen LogP contribution in [-0.4, -0.2) is 25.8 Å². The first kappa shape index (κ1) is 20.7. The van der Waals surface area contributed by atoms with Gasteiger partial charge in [-0.2, -0.15) is 0 Å². The molecule has 0 N–H and O–H groups in total. The zero-order chi connectivity index (χ0) is 19.6. The molecule has 27 heavy (non-hydrogen) atoms. The van der Waals surface area contributed by atoms with Gasteiger partial charge in [-0.3, -0.25) is 4.79 Å². The molecule has 0 atom stereocenters. The molecule has 0 spiro atoms. The summed E-state index contributed by atoms with van der Waals surface area (Å²) < 4.78 is 44.2. The van der Waals surface area contributed by atoms with Crippen molar-refractivity contribution in [2.75, 3.05) is 19.8 Å². The van der Waals surface area contributed by atoms with E-state index in [4.69, 9.17) is 14.2 Å². The van der Waals surface area contributed by atoms with Crippen molar-refractivity contribution in [3.8, 4) is 22.6 Å². The van der Waals surface area contributed by atoms with Crippen LogP contribution in [0.15, 0.2) is 36.4 Å². The van der Waals surface area contributed by atoms with E-state index in [0.717, 1.165) is 6.42 Å². The van der Waals surface area contributed by atoms with Crippen LogP contribution in [0.3, 0.4) is 0 Å². The van der Waals surface area contributed by atoms with Gasteiger partial charge in [-0.05, 0) is 55.2 Å². The molecule has 0 aliphatic carbocycles. The number of benzene rings is 2. The first-order chi connectivity index (χ1) is 13.0. The molecule has 0 bridgehead atoms. The summed E-state index contributed by atoms with van der Waals surface area (Å²) in [5, 5.41) is 0. The van der Waals surface area contributed by atoms with Gasteiger partial charge in [0.15, 0.2) is 17.4 Å². The van der Waals surface area contributed by atoms with Gasteiger partial charge < -0.3 is 14.2 Å². The van der Waals surface area contributed by atoms with Gasteiger partial charge in [0.05, 0.1) is 19.8 Å². The van der Waals surface area contributed by atoms with E-state index in [9.17, 15) is 13.6 Å². The summed E-state index contributed by atoms with van der Waals surface area (Å²) in [6, 6.07) is 9.52. The third kappa shape index (κ3) is 6.24. The highest BCUT2D eigenvalue weighted by Crippen LogP contribution is 2.30. The predicted octanol–water partition coefficient (Wildman–Crippen LogP) is 5.14. The Morgan fingerprint density at radius 2 is 1.70 bits per heavy atom. The Hall–Kier alpha value is -2.63. The molecule has 0 aromatic heterocycles. The zero-order valence-electron chi connectivity index (χ0n) is 15.6. The molecule has 0 fully saturated rings. The highest BCUT2D eigenvalue weighted by atomic mass is 19.1. The van der Waals surface area contributed by atoms with E-state index in [1.807, 2.05) is 6.92 Å². The van der Waals surface area contributed by atoms with Crippen LogP contribution >= 0.6 is 0 Å². The monoisotopic (exact) mass is 378 g/mol. The molecule has 2 aromatic carbocycles. The van der Waals surface area contributed by atoms with E-state index in [1.165, 1.54) is 12.1 Å². The van der Waals surface area contributed by atoms with Crippen molar-refractivity contribution < 1.29 is 27.8 Å². The van der Waals surface area contributed by atoms with E-state index < -0.39 is 17.4 Å².